The van der Waals surface area contributed by atoms with E-state index < -0.39 is 0 Å². The fourth-order valence-electron chi connectivity index (χ4n) is 0.701. The lowest BCUT2D eigenvalue weighted by Gasteiger charge is -1.98. The highest BCUT2D eigenvalue weighted by molar-refractivity contribution is 7.75. The Balaban J connectivity index is 3.15. The number of aromatic hydroxyl groups is 1. The van der Waals surface area contributed by atoms with E-state index in [0.29, 0.717) is 11.3 Å². The average Bonchev–Trinajstić information content (AvgIpc) is 2.03. The predicted octanol–water partition coefficient (Wildman–Crippen LogP) is 1.49. The van der Waals surface area contributed by atoms with Crippen molar-refractivity contribution in [3.63, 3.8) is 0 Å². The highest BCUT2D eigenvalue weighted by Gasteiger charge is 1.98. The van der Waals surface area contributed by atoms with Crippen LogP contribution in [0.25, 0.3) is 0 Å². The Hall–Kier alpha value is -1.34. The topological polar surface area (TPSA) is 53.2 Å². The maximum Gasteiger partial charge on any atom is 0.141 e. The zero-order valence-electron chi connectivity index (χ0n) is 5.48. The van der Waals surface area contributed by atoms with Gasteiger partial charge in [-0.3, -0.25) is 0 Å². The van der Waals surface area contributed by atoms with Crippen molar-refractivity contribution in [2.24, 2.45) is 0 Å². The number of thiol groups is 1. The molecule has 0 aliphatic heterocycles. The van der Waals surface area contributed by atoms with Gasteiger partial charge in [0.1, 0.15) is 11.5 Å². The van der Waals surface area contributed by atoms with Gasteiger partial charge in [0.25, 0.3) is 0 Å². The van der Waals surface area contributed by atoms with E-state index in [2.05, 4.69) is 17.1 Å². The first-order valence-corrected chi connectivity index (χ1v) is 3.18. The molecule has 0 unspecified atom stereocenters. The minimum Gasteiger partial charge on any atom is -0.508 e. The molecule has 3 nitrogen and oxygen atoms in total. The first-order chi connectivity index (χ1) is 5.26. The molecule has 0 atom stereocenters. The molecule has 1 aromatic rings. The lowest BCUT2D eigenvalue weighted by atomic mass is 10.2. The minimum atomic E-state index is -0.00639. The van der Waals surface area contributed by atoms with Gasteiger partial charge < -0.3 is 9.29 Å². The lowest BCUT2D eigenvalue weighted by molar-refractivity contribution is 0.472. The molecule has 0 fully saturated rings. The van der Waals surface area contributed by atoms with Gasteiger partial charge in [-0.25, -0.2) is 0 Å². The van der Waals surface area contributed by atoms with Gasteiger partial charge in [-0.2, -0.15) is 5.26 Å². The number of rotatable bonds is 1. The fraction of sp³-hybridized carbons (Fsp3) is 0. The molecule has 4 heteroatoms. The van der Waals surface area contributed by atoms with Crippen LogP contribution in [0, 0.1) is 11.3 Å². The van der Waals surface area contributed by atoms with Crippen molar-refractivity contribution in [3.05, 3.63) is 23.8 Å². The second-order valence-corrected chi connectivity index (χ2v) is 2.10. The molecule has 1 aromatic carbocycles. The summed E-state index contributed by atoms with van der Waals surface area (Å²) in [6, 6.07) is 6.06. The summed E-state index contributed by atoms with van der Waals surface area (Å²) in [4.78, 5) is 0. The molecular weight excluding hydrogens is 162 g/mol. The zero-order chi connectivity index (χ0) is 8.27. The van der Waals surface area contributed by atoms with Crippen LogP contribution in [-0.4, -0.2) is 5.11 Å². The summed E-state index contributed by atoms with van der Waals surface area (Å²) >= 11 is 3.52. The maximum absolute atomic E-state index is 8.99. The zero-order valence-corrected chi connectivity index (χ0v) is 6.38. The quantitative estimate of drug-likeness (QED) is 0.492. The van der Waals surface area contributed by atoms with Crippen molar-refractivity contribution in [2.75, 3.05) is 0 Å². The first-order valence-electron chi connectivity index (χ1n) is 2.82. The van der Waals surface area contributed by atoms with Crippen LogP contribution in [0.1, 0.15) is 5.56 Å². The molecule has 0 radical (unpaired) electrons. The number of benzene rings is 1. The third-order valence-corrected chi connectivity index (χ3v) is 1.34. The molecule has 1 N–H and O–H groups in total. The van der Waals surface area contributed by atoms with Crippen molar-refractivity contribution in [3.8, 4) is 17.6 Å². The Morgan fingerprint density at radius 3 is 2.73 bits per heavy atom. The van der Waals surface area contributed by atoms with Crippen molar-refractivity contribution in [1.29, 1.82) is 5.26 Å². The van der Waals surface area contributed by atoms with Gasteiger partial charge >= 0.3 is 0 Å². The molecule has 1 rings (SSSR count). The highest BCUT2D eigenvalue weighted by Crippen LogP contribution is 2.21. The van der Waals surface area contributed by atoms with Gasteiger partial charge in [0, 0.05) is 19.0 Å². The van der Waals surface area contributed by atoms with Crippen LogP contribution < -0.4 is 4.18 Å². The average molecular weight is 167 g/mol. The van der Waals surface area contributed by atoms with E-state index in [0.717, 1.165) is 0 Å². The number of hydrogen-bond donors (Lipinski definition) is 2. The number of phenolic OH excluding ortho intramolecular Hbond substituents is 1. The second kappa shape index (κ2) is 3.17. The summed E-state index contributed by atoms with van der Waals surface area (Å²) in [6.07, 6.45) is 0. The summed E-state index contributed by atoms with van der Waals surface area (Å²) in [6.45, 7) is 0. The van der Waals surface area contributed by atoms with E-state index in [4.69, 9.17) is 10.4 Å². The Morgan fingerprint density at radius 1 is 1.45 bits per heavy atom. The molecule has 0 bridgehead atoms. The SMILES string of the molecule is N#Cc1cc(O)cc(OS)c1. The molecule has 0 spiro atoms. The molecule has 0 aliphatic rings. The third-order valence-electron chi connectivity index (χ3n) is 1.13. The van der Waals surface area contributed by atoms with Crippen LogP contribution >= 0.6 is 12.9 Å². The van der Waals surface area contributed by atoms with Gasteiger partial charge in [0.15, 0.2) is 0 Å². The normalized spacial score (nSPS) is 8.73. The second-order valence-electron chi connectivity index (χ2n) is 1.92. The molecule has 0 saturated carbocycles. The first kappa shape index (κ1) is 7.76. The molecule has 11 heavy (non-hydrogen) atoms. The molecule has 0 amide bonds. The number of nitriles is 1. The summed E-state index contributed by atoms with van der Waals surface area (Å²) in [7, 11) is 0. The highest BCUT2D eigenvalue weighted by atomic mass is 32.1. The largest absolute Gasteiger partial charge is 0.508 e. The van der Waals surface area contributed by atoms with Crippen LogP contribution in [0.3, 0.4) is 0 Å². The maximum atomic E-state index is 8.99. The summed E-state index contributed by atoms with van der Waals surface area (Å²) in [5, 5.41) is 17.4. The van der Waals surface area contributed by atoms with Crippen LogP contribution in [0.5, 0.6) is 11.5 Å². The standard InChI is InChI=1S/C7H5NO2S/c8-4-5-1-6(9)3-7(2-5)10-11/h1-3,9,11H. The Morgan fingerprint density at radius 2 is 2.18 bits per heavy atom. The van der Waals surface area contributed by atoms with Gasteiger partial charge in [0.05, 0.1) is 11.6 Å². The van der Waals surface area contributed by atoms with Crippen molar-refractivity contribution in [1.82, 2.24) is 0 Å². The van der Waals surface area contributed by atoms with E-state index in [9.17, 15) is 0 Å². The summed E-state index contributed by atoms with van der Waals surface area (Å²) < 4.78 is 4.52. The monoisotopic (exact) mass is 167 g/mol. The predicted molar refractivity (Wildman–Crippen MR) is 42.4 cm³/mol. The fourth-order valence-corrected chi connectivity index (χ4v) is 0.806. The van der Waals surface area contributed by atoms with Gasteiger partial charge in [0.2, 0.25) is 0 Å². The van der Waals surface area contributed by atoms with E-state index in [1.807, 2.05) is 6.07 Å². The van der Waals surface area contributed by atoms with Crippen LogP contribution in [0.4, 0.5) is 0 Å². The van der Waals surface area contributed by atoms with Crippen molar-refractivity contribution in [2.45, 2.75) is 0 Å². The Kier molecular flexibility index (Phi) is 2.24. The van der Waals surface area contributed by atoms with Gasteiger partial charge in [-0.05, 0) is 12.1 Å². The van der Waals surface area contributed by atoms with Crippen molar-refractivity contribution < 1.29 is 9.29 Å². The van der Waals surface area contributed by atoms with E-state index >= 15 is 0 Å². The van der Waals surface area contributed by atoms with E-state index in [1.54, 1.807) is 0 Å². The summed E-state index contributed by atoms with van der Waals surface area (Å²) in [5.41, 5.74) is 0.342. The number of nitrogens with zero attached hydrogens (tertiary/aromatic N) is 1. The summed E-state index contributed by atoms with van der Waals surface area (Å²) in [5.74, 6) is 0.345. The van der Waals surface area contributed by atoms with Gasteiger partial charge in [-0.15, -0.1) is 0 Å². The number of hydrogen-bond acceptors (Lipinski definition) is 4. The van der Waals surface area contributed by atoms with Crippen LogP contribution in [0.2, 0.25) is 0 Å². The minimum absolute atomic E-state index is 0.00639. The molecular formula is C7H5NO2S. The lowest BCUT2D eigenvalue weighted by Crippen LogP contribution is -1.78. The molecule has 0 heterocycles. The van der Waals surface area contributed by atoms with Crippen LogP contribution in [-0.2, 0) is 0 Å². The van der Waals surface area contributed by atoms with Gasteiger partial charge in [-0.1, -0.05) is 0 Å². The Bertz CT molecular complexity index is 306. The molecule has 0 saturated heterocycles. The third kappa shape index (κ3) is 1.79. The number of phenols is 1. The molecule has 0 aromatic heterocycles. The van der Waals surface area contributed by atoms with E-state index in [1.165, 1.54) is 18.2 Å². The Labute approximate surface area is 69.5 Å². The van der Waals surface area contributed by atoms with Crippen molar-refractivity contribution >= 4 is 12.9 Å². The van der Waals surface area contributed by atoms with E-state index in [-0.39, 0.29) is 5.75 Å². The smallest absolute Gasteiger partial charge is 0.141 e. The van der Waals surface area contributed by atoms with Crippen LogP contribution in [0.15, 0.2) is 18.2 Å². The molecule has 56 valence electrons. The molecule has 0 aliphatic carbocycles.